The predicted molar refractivity (Wildman–Crippen MR) is 56.5 cm³/mol. The molecule has 1 aliphatic heterocycles. The van der Waals surface area contributed by atoms with Gasteiger partial charge in [-0.3, -0.25) is 0 Å². The molecule has 1 unspecified atom stereocenters. The third kappa shape index (κ3) is 1.67. The van der Waals surface area contributed by atoms with E-state index >= 15 is 0 Å². The number of carbonyl (C=O) groups excluding carboxylic acids is 1. The molecule has 2 aliphatic rings. The SMILES string of the molecule is CC(C)(C)OC(=O)C1(C)OC12CCCC2. The van der Waals surface area contributed by atoms with E-state index in [0.717, 1.165) is 12.8 Å². The van der Waals surface area contributed by atoms with Crippen LogP contribution in [-0.4, -0.2) is 22.8 Å². The smallest absolute Gasteiger partial charge is 0.341 e. The van der Waals surface area contributed by atoms with Gasteiger partial charge in [0, 0.05) is 0 Å². The zero-order chi connectivity index (χ0) is 11.3. The molecule has 1 atom stereocenters. The van der Waals surface area contributed by atoms with E-state index in [0.29, 0.717) is 0 Å². The van der Waals surface area contributed by atoms with Gasteiger partial charge in [0.2, 0.25) is 0 Å². The highest BCUT2D eigenvalue weighted by molar-refractivity contribution is 5.84. The maximum absolute atomic E-state index is 12.0. The lowest BCUT2D eigenvalue weighted by Gasteiger charge is -2.22. The van der Waals surface area contributed by atoms with Crippen molar-refractivity contribution in [1.82, 2.24) is 0 Å². The van der Waals surface area contributed by atoms with E-state index in [2.05, 4.69) is 0 Å². The van der Waals surface area contributed by atoms with Gasteiger partial charge in [-0.25, -0.2) is 4.79 Å². The first kappa shape index (κ1) is 10.9. The van der Waals surface area contributed by atoms with Gasteiger partial charge < -0.3 is 9.47 Å². The zero-order valence-corrected chi connectivity index (χ0v) is 10.1. The summed E-state index contributed by atoms with van der Waals surface area (Å²) >= 11 is 0. The van der Waals surface area contributed by atoms with Crippen molar-refractivity contribution >= 4 is 5.97 Å². The molecule has 1 saturated carbocycles. The molecule has 2 rings (SSSR count). The molecule has 1 spiro atoms. The second-order valence-corrected chi connectivity index (χ2v) is 5.84. The fraction of sp³-hybridized carbons (Fsp3) is 0.917. The second kappa shape index (κ2) is 2.97. The van der Waals surface area contributed by atoms with Gasteiger partial charge in [-0.05, 0) is 40.5 Å². The Hall–Kier alpha value is -0.570. The van der Waals surface area contributed by atoms with Crippen LogP contribution in [-0.2, 0) is 14.3 Å². The Morgan fingerprint density at radius 3 is 2.27 bits per heavy atom. The van der Waals surface area contributed by atoms with E-state index < -0.39 is 11.2 Å². The van der Waals surface area contributed by atoms with Crippen molar-refractivity contribution in [1.29, 1.82) is 0 Å². The van der Waals surface area contributed by atoms with Crippen LogP contribution in [0.15, 0.2) is 0 Å². The fourth-order valence-corrected chi connectivity index (χ4v) is 2.49. The Labute approximate surface area is 91.1 Å². The summed E-state index contributed by atoms with van der Waals surface area (Å²) in [7, 11) is 0. The lowest BCUT2D eigenvalue weighted by Crippen LogP contribution is -2.36. The van der Waals surface area contributed by atoms with Gasteiger partial charge in [-0.1, -0.05) is 12.8 Å². The highest BCUT2D eigenvalue weighted by atomic mass is 16.7. The third-order valence-corrected chi connectivity index (χ3v) is 3.43. The molecular weight excluding hydrogens is 192 g/mol. The molecule has 0 radical (unpaired) electrons. The van der Waals surface area contributed by atoms with E-state index in [1.165, 1.54) is 12.8 Å². The molecular formula is C12H20O3. The Bertz CT molecular complexity index is 284. The zero-order valence-electron chi connectivity index (χ0n) is 10.1. The van der Waals surface area contributed by atoms with Crippen LogP contribution in [0.5, 0.6) is 0 Å². The quantitative estimate of drug-likeness (QED) is 0.495. The van der Waals surface area contributed by atoms with Crippen molar-refractivity contribution in [3.05, 3.63) is 0 Å². The van der Waals surface area contributed by atoms with Crippen molar-refractivity contribution in [3.8, 4) is 0 Å². The van der Waals surface area contributed by atoms with Crippen LogP contribution in [0.2, 0.25) is 0 Å². The van der Waals surface area contributed by atoms with Crippen LogP contribution in [0.4, 0.5) is 0 Å². The Balaban J connectivity index is 2.03. The van der Waals surface area contributed by atoms with E-state index in [1.807, 2.05) is 27.7 Å². The number of hydrogen-bond acceptors (Lipinski definition) is 3. The maximum atomic E-state index is 12.0. The maximum Gasteiger partial charge on any atom is 0.341 e. The minimum atomic E-state index is -0.670. The van der Waals surface area contributed by atoms with Gasteiger partial charge >= 0.3 is 5.97 Å². The van der Waals surface area contributed by atoms with Crippen LogP contribution in [0, 0.1) is 0 Å². The molecule has 0 bridgehead atoms. The first-order chi connectivity index (χ1) is 6.79. The molecule has 0 aromatic heterocycles. The lowest BCUT2D eigenvalue weighted by atomic mass is 9.92. The van der Waals surface area contributed by atoms with Crippen LogP contribution in [0.1, 0.15) is 53.4 Å². The largest absolute Gasteiger partial charge is 0.458 e. The van der Waals surface area contributed by atoms with Gasteiger partial charge in [0.25, 0.3) is 0 Å². The van der Waals surface area contributed by atoms with Gasteiger partial charge in [-0.15, -0.1) is 0 Å². The first-order valence-corrected chi connectivity index (χ1v) is 5.73. The second-order valence-electron chi connectivity index (χ2n) is 5.84. The monoisotopic (exact) mass is 212 g/mol. The number of ether oxygens (including phenoxy) is 2. The highest BCUT2D eigenvalue weighted by Gasteiger charge is 2.73. The van der Waals surface area contributed by atoms with Gasteiger partial charge in [0.1, 0.15) is 11.2 Å². The first-order valence-electron chi connectivity index (χ1n) is 5.73. The number of rotatable bonds is 1. The summed E-state index contributed by atoms with van der Waals surface area (Å²) in [5, 5.41) is 0. The van der Waals surface area contributed by atoms with Crippen molar-refractivity contribution in [2.75, 3.05) is 0 Å². The molecule has 15 heavy (non-hydrogen) atoms. The number of epoxide rings is 1. The molecule has 0 N–H and O–H groups in total. The highest BCUT2D eigenvalue weighted by Crippen LogP contribution is 2.58. The van der Waals surface area contributed by atoms with Crippen molar-refractivity contribution < 1.29 is 14.3 Å². The molecule has 1 aliphatic carbocycles. The molecule has 3 heteroatoms. The van der Waals surface area contributed by atoms with Gasteiger partial charge in [-0.2, -0.15) is 0 Å². The molecule has 0 aromatic carbocycles. The predicted octanol–water partition coefficient (Wildman–Crippen LogP) is 2.43. The van der Waals surface area contributed by atoms with Crippen molar-refractivity contribution in [2.24, 2.45) is 0 Å². The lowest BCUT2D eigenvalue weighted by molar-refractivity contribution is -0.160. The van der Waals surface area contributed by atoms with E-state index in [-0.39, 0.29) is 11.6 Å². The molecule has 3 nitrogen and oxygen atoms in total. The average Bonchev–Trinajstić information content (AvgIpc) is 2.46. The normalized spacial score (nSPS) is 33.1. The summed E-state index contributed by atoms with van der Waals surface area (Å²) in [6, 6.07) is 0. The summed E-state index contributed by atoms with van der Waals surface area (Å²) in [6.07, 6.45) is 4.34. The molecule has 1 heterocycles. The summed E-state index contributed by atoms with van der Waals surface area (Å²) in [4.78, 5) is 12.0. The van der Waals surface area contributed by atoms with Gasteiger partial charge in [0.05, 0.1) is 0 Å². The topological polar surface area (TPSA) is 38.8 Å². The van der Waals surface area contributed by atoms with Crippen molar-refractivity contribution in [2.45, 2.75) is 70.2 Å². The average molecular weight is 212 g/mol. The number of hydrogen-bond donors (Lipinski definition) is 0. The minimum Gasteiger partial charge on any atom is -0.458 e. The number of carbonyl (C=O) groups is 1. The Morgan fingerprint density at radius 2 is 1.80 bits per heavy atom. The Morgan fingerprint density at radius 1 is 1.27 bits per heavy atom. The Kier molecular flexibility index (Phi) is 2.16. The summed E-state index contributed by atoms with van der Waals surface area (Å²) in [6.45, 7) is 7.53. The summed E-state index contributed by atoms with van der Waals surface area (Å²) in [5.74, 6) is -0.197. The van der Waals surface area contributed by atoms with Crippen LogP contribution >= 0.6 is 0 Å². The van der Waals surface area contributed by atoms with E-state index in [4.69, 9.17) is 9.47 Å². The molecule has 0 amide bonds. The van der Waals surface area contributed by atoms with E-state index in [1.54, 1.807) is 0 Å². The standard InChI is InChI=1S/C12H20O3/c1-10(2,3)14-9(13)11(4)12(15-11)7-5-6-8-12/h5-8H2,1-4H3. The number of esters is 1. The van der Waals surface area contributed by atoms with Gasteiger partial charge in [0.15, 0.2) is 5.60 Å². The third-order valence-electron chi connectivity index (χ3n) is 3.43. The molecule has 86 valence electrons. The minimum absolute atomic E-state index is 0.185. The van der Waals surface area contributed by atoms with Crippen LogP contribution in [0.25, 0.3) is 0 Å². The van der Waals surface area contributed by atoms with Crippen LogP contribution in [0.3, 0.4) is 0 Å². The van der Waals surface area contributed by atoms with Crippen LogP contribution < -0.4 is 0 Å². The fourth-order valence-electron chi connectivity index (χ4n) is 2.49. The summed E-state index contributed by atoms with van der Waals surface area (Å²) < 4.78 is 11.1. The van der Waals surface area contributed by atoms with E-state index in [9.17, 15) is 4.79 Å². The molecule has 0 aromatic rings. The molecule has 1 saturated heterocycles. The van der Waals surface area contributed by atoms with Crippen molar-refractivity contribution in [3.63, 3.8) is 0 Å². The summed E-state index contributed by atoms with van der Waals surface area (Å²) in [5.41, 5.74) is -1.28. The molecule has 2 fully saturated rings.